The number of thiophene rings is 1. The van der Waals surface area contributed by atoms with Gasteiger partial charge in [-0.1, -0.05) is 18.2 Å². The van der Waals surface area contributed by atoms with Gasteiger partial charge in [0.1, 0.15) is 11.8 Å². The largest absolute Gasteiger partial charge is 0.573 e. The maximum atomic E-state index is 12.9. The summed E-state index contributed by atoms with van der Waals surface area (Å²) in [6, 6.07) is 9.17. The third-order valence-electron chi connectivity index (χ3n) is 6.26. The van der Waals surface area contributed by atoms with Crippen molar-refractivity contribution in [3.63, 3.8) is 0 Å². The van der Waals surface area contributed by atoms with Crippen molar-refractivity contribution in [1.29, 1.82) is 0 Å². The normalized spacial score (nSPS) is 20.4. The van der Waals surface area contributed by atoms with Crippen LogP contribution >= 0.6 is 23.1 Å². The molecule has 1 aromatic carbocycles. The lowest BCUT2D eigenvalue weighted by Gasteiger charge is -2.37. The molecule has 3 heterocycles. The third-order valence-corrected chi connectivity index (χ3v) is 8.62. The van der Waals surface area contributed by atoms with Crippen LogP contribution in [-0.2, 0) is 17.9 Å². The summed E-state index contributed by atoms with van der Waals surface area (Å²) >= 11 is 3.11. The van der Waals surface area contributed by atoms with E-state index >= 15 is 0 Å². The van der Waals surface area contributed by atoms with E-state index in [9.17, 15) is 22.8 Å². The lowest BCUT2D eigenvalue weighted by Crippen LogP contribution is -2.56. The van der Waals surface area contributed by atoms with Crippen molar-refractivity contribution in [3.8, 4) is 5.75 Å². The van der Waals surface area contributed by atoms with Crippen molar-refractivity contribution in [2.24, 2.45) is 0 Å². The van der Waals surface area contributed by atoms with E-state index in [-0.39, 0.29) is 40.5 Å². The first kappa shape index (κ1) is 26.8. The Labute approximate surface area is 216 Å². The van der Waals surface area contributed by atoms with Gasteiger partial charge in [0.15, 0.2) is 0 Å². The highest BCUT2D eigenvalue weighted by atomic mass is 32.2. The Kier molecular flexibility index (Phi) is 8.18. The number of alkyl halides is 3. The standard InChI is InChI=1S/C24H29F3N4O3S2/c1-23(2)20(29-15-35-23)22(33)31-11-9-30(10-12-31)14-17-7-8-19(36-17)21(32)28-13-16-5-3-4-6-18(16)34-24(25,26)27/h3-8,20,29H,9-15H2,1-2H3,(H,28,32)/t20-/m0/s1. The van der Waals surface area contributed by atoms with Crippen LogP contribution in [0.1, 0.15) is 34.0 Å². The van der Waals surface area contributed by atoms with Gasteiger partial charge in [0.2, 0.25) is 5.91 Å². The number of nitrogens with one attached hydrogen (secondary N) is 2. The lowest BCUT2D eigenvalue weighted by molar-refractivity contribution is -0.274. The van der Waals surface area contributed by atoms with E-state index in [1.807, 2.05) is 11.0 Å². The van der Waals surface area contributed by atoms with E-state index in [0.29, 0.717) is 24.5 Å². The fourth-order valence-corrected chi connectivity index (χ4v) is 6.22. The molecule has 2 aliphatic heterocycles. The summed E-state index contributed by atoms with van der Waals surface area (Å²) in [5.74, 6) is 0.252. The van der Waals surface area contributed by atoms with E-state index in [1.165, 1.54) is 29.5 Å². The van der Waals surface area contributed by atoms with Gasteiger partial charge in [-0.3, -0.25) is 19.8 Å². The Balaban J connectivity index is 1.26. The van der Waals surface area contributed by atoms with E-state index in [0.717, 1.165) is 23.8 Å². The Hall–Kier alpha value is -2.28. The van der Waals surface area contributed by atoms with Crippen LogP contribution in [0.5, 0.6) is 5.75 Å². The van der Waals surface area contributed by atoms with Crippen LogP contribution < -0.4 is 15.4 Å². The summed E-state index contributed by atoms with van der Waals surface area (Å²) in [5.41, 5.74) is 0.238. The quantitative estimate of drug-likeness (QED) is 0.557. The van der Waals surface area contributed by atoms with Gasteiger partial charge in [-0.25, -0.2) is 0 Å². The summed E-state index contributed by atoms with van der Waals surface area (Å²) in [6.45, 7) is 7.60. The predicted molar refractivity (Wildman–Crippen MR) is 134 cm³/mol. The number of hydrogen-bond acceptors (Lipinski definition) is 7. The minimum atomic E-state index is -4.80. The highest BCUT2D eigenvalue weighted by Crippen LogP contribution is 2.34. The number of halogens is 3. The van der Waals surface area contributed by atoms with Crippen molar-refractivity contribution < 1.29 is 27.5 Å². The molecular formula is C24H29F3N4O3S2. The molecule has 1 aromatic heterocycles. The first-order chi connectivity index (χ1) is 17.0. The molecule has 4 rings (SSSR count). The van der Waals surface area contributed by atoms with Crippen molar-refractivity contribution in [2.45, 2.75) is 44.1 Å². The number of para-hydroxylation sites is 1. The van der Waals surface area contributed by atoms with Crippen LogP contribution in [0.3, 0.4) is 0 Å². The zero-order valence-electron chi connectivity index (χ0n) is 20.1. The summed E-state index contributed by atoms with van der Waals surface area (Å²) < 4.78 is 41.7. The number of hydrogen-bond donors (Lipinski definition) is 2. The molecule has 1 atom stereocenters. The van der Waals surface area contributed by atoms with Crippen LogP contribution in [0.2, 0.25) is 0 Å². The van der Waals surface area contributed by atoms with Gasteiger partial charge in [-0.15, -0.1) is 36.3 Å². The molecule has 2 amide bonds. The minimum absolute atomic E-state index is 0.0839. The smallest absolute Gasteiger partial charge is 0.405 e. The second-order valence-electron chi connectivity index (χ2n) is 9.23. The molecular weight excluding hydrogens is 513 g/mol. The molecule has 0 aliphatic carbocycles. The number of ether oxygens (including phenoxy) is 1. The topological polar surface area (TPSA) is 73.9 Å². The monoisotopic (exact) mass is 542 g/mol. The molecule has 2 aromatic rings. The molecule has 36 heavy (non-hydrogen) atoms. The summed E-state index contributed by atoms with van der Waals surface area (Å²) in [4.78, 5) is 31.2. The van der Waals surface area contributed by atoms with Gasteiger partial charge in [-0.2, -0.15) is 0 Å². The van der Waals surface area contributed by atoms with Crippen molar-refractivity contribution in [3.05, 3.63) is 51.7 Å². The van der Waals surface area contributed by atoms with Gasteiger partial charge >= 0.3 is 6.36 Å². The molecule has 0 saturated carbocycles. The van der Waals surface area contributed by atoms with E-state index in [2.05, 4.69) is 34.1 Å². The number of piperazine rings is 1. The van der Waals surface area contributed by atoms with E-state index in [1.54, 1.807) is 23.9 Å². The number of carbonyl (C=O) groups is 2. The van der Waals surface area contributed by atoms with Crippen LogP contribution in [0.15, 0.2) is 36.4 Å². The van der Waals surface area contributed by atoms with Gasteiger partial charge in [0.25, 0.3) is 5.91 Å². The molecule has 2 saturated heterocycles. The van der Waals surface area contributed by atoms with Crippen molar-refractivity contribution >= 4 is 34.9 Å². The molecule has 0 bridgehead atoms. The molecule has 7 nitrogen and oxygen atoms in total. The van der Waals surface area contributed by atoms with Gasteiger partial charge in [0.05, 0.1) is 4.88 Å². The zero-order valence-corrected chi connectivity index (χ0v) is 21.7. The summed E-state index contributed by atoms with van der Waals surface area (Å²) in [7, 11) is 0. The van der Waals surface area contributed by atoms with Crippen LogP contribution in [-0.4, -0.2) is 70.8 Å². The Bertz CT molecular complexity index is 1080. The zero-order chi connectivity index (χ0) is 25.9. The number of rotatable bonds is 7. The Morgan fingerprint density at radius 1 is 1.14 bits per heavy atom. The first-order valence-corrected chi connectivity index (χ1v) is 13.4. The van der Waals surface area contributed by atoms with Crippen molar-refractivity contribution in [1.82, 2.24) is 20.4 Å². The molecule has 0 unspecified atom stereocenters. The number of thioether (sulfide) groups is 1. The fourth-order valence-electron chi connectivity index (χ4n) is 4.28. The number of carbonyl (C=O) groups excluding carboxylic acids is 2. The second kappa shape index (κ2) is 11.0. The SMILES string of the molecule is CC1(C)SCN[C@H]1C(=O)N1CCN(Cc2ccc(C(=O)NCc3ccccc3OC(F)(F)F)s2)CC1. The average molecular weight is 543 g/mol. The molecule has 12 heteroatoms. The maximum absolute atomic E-state index is 12.9. The average Bonchev–Trinajstić information content (AvgIpc) is 3.43. The molecule has 2 N–H and O–H groups in total. The van der Waals surface area contributed by atoms with Gasteiger partial charge in [-0.05, 0) is 32.0 Å². The molecule has 2 fully saturated rings. The second-order valence-corrected chi connectivity index (χ2v) is 12.0. The van der Waals surface area contributed by atoms with Crippen LogP contribution in [0.4, 0.5) is 13.2 Å². The Morgan fingerprint density at radius 3 is 2.53 bits per heavy atom. The number of nitrogens with zero attached hydrogens (tertiary/aromatic N) is 2. The summed E-state index contributed by atoms with van der Waals surface area (Å²) in [6.07, 6.45) is -4.80. The van der Waals surface area contributed by atoms with E-state index in [4.69, 9.17) is 0 Å². The highest BCUT2D eigenvalue weighted by molar-refractivity contribution is 8.00. The molecule has 0 radical (unpaired) electrons. The van der Waals surface area contributed by atoms with Gasteiger partial charge in [0, 0.05) is 60.3 Å². The maximum Gasteiger partial charge on any atom is 0.573 e. The van der Waals surface area contributed by atoms with E-state index < -0.39 is 6.36 Å². The van der Waals surface area contributed by atoms with Crippen LogP contribution in [0.25, 0.3) is 0 Å². The first-order valence-electron chi connectivity index (χ1n) is 11.6. The predicted octanol–water partition coefficient (Wildman–Crippen LogP) is 3.66. The minimum Gasteiger partial charge on any atom is -0.405 e. The third kappa shape index (κ3) is 6.72. The number of benzene rings is 1. The molecule has 2 aliphatic rings. The van der Waals surface area contributed by atoms with Crippen LogP contribution in [0, 0.1) is 0 Å². The van der Waals surface area contributed by atoms with Crippen molar-refractivity contribution in [2.75, 3.05) is 32.1 Å². The highest BCUT2D eigenvalue weighted by Gasteiger charge is 2.42. The molecule has 196 valence electrons. The molecule has 0 spiro atoms. The lowest BCUT2D eigenvalue weighted by atomic mass is 10.0. The fraction of sp³-hybridized carbons (Fsp3) is 0.500. The Morgan fingerprint density at radius 2 is 1.86 bits per heavy atom. The van der Waals surface area contributed by atoms with Gasteiger partial charge < -0.3 is 15.0 Å². The summed E-state index contributed by atoms with van der Waals surface area (Å²) in [5, 5.41) is 5.98. The number of amides is 2.